The van der Waals surface area contributed by atoms with Gasteiger partial charge in [0.1, 0.15) is 0 Å². The van der Waals surface area contributed by atoms with Crippen LogP contribution < -0.4 is 0 Å². The van der Waals surface area contributed by atoms with Gasteiger partial charge in [0.25, 0.3) is 0 Å². The molecular weight excluding hydrogens is 508 g/mol. The SMILES string of the molecule is c1ccc(-c2ccccc2-n2c3cccc4c5ccccc5n5c6cc7ccccc7cc6c6ccc2c(c43)c65)cc1. The van der Waals surface area contributed by atoms with Crippen molar-refractivity contribution in [2.45, 2.75) is 0 Å². The van der Waals surface area contributed by atoms with E-state index in [0.29, 0.717) is 0 Å². The maximum Gasteiger partial charge on any atom is 0.0641 e. The van der Waals surface area contributed by atoms with Crippen molar-refractivity contribution in [3.63, 3.8) is 0 Å². The van der Waals surface area contributed by atoms with Crippen molar-refractivity contribution >= 4 is 70.7 Å². The van der Waals surface area contributed by atoms with Crippen molar-refractivity contribution in [2.24, 2.45) is 0 Å². The average Bonchev–Trinajstić information content (AvgIpc) is 3.51. The second-order valence-electron chi connectivity index (χ2n) is 11.3. The quantitative estimate of drug-likeness (QED) is 0.209. The Bertz CT molecular complexity index is 2670. The summed E-state index contributed by atoms with van der Waals surface area (Å²) in [5.41, 5.74) is 9.89. The van der Waals surface area contributed by atoms with Gasteiger partial charge >= 0.3 is 0 Å². The molecule has 0 fully saturated rings. The van der Waals surface area contributed by atoms with Crippen LogP contribution in [-0.2, 0) is 0 Å². The lowest BCUT2D eigenvalue weighted by Crippen LogP contribution is -1.97. The van der Waals surface area contributed by atoms with Crippen LogP contribution >= 0.6 is 0 Å². The fraction of sp³-hybridized carbons (Fsp3) is 0. The van der Waals surface area contributed by atoms with Crippen LogP contribution in [0.1, 0.15) is 0 Å². The van der Waals surface area contributed by atoms with Crippen molar-refractivity contribution in [1.29, 1.82) is 0 Å². The first-order chi connectivity index (χ1) is 20.9. The molecule has 3 heterocycles. The molecule has 0 saturated heterocycles. The molecule has 2 nitrogen and oxygen atoms in total. The number of para-hydroxylation sites is 2. The van der Waals surface area contributed by atoms with Crippen molar-refractivity contribution in [2.75, 3.05) is 0 Å². The Morgan fingerprint density at radius 1 is 0.381 bits per heavy atom. The lowest BCUT2D eigenvalue weighted by Gasteiger charge is -2.14. The normalized spacial score (nSPS) is 12.3. The first-order valence-corrected chi connectivity index (χ1v) is 14.5. The molecule has 194 valence electrons. The standard InChI is InChI=1S/C40H24N2/c1-2-11-25(12-3-1)28-15-6-8-18-33(28)41-35-20-10-17-30-29-16-7-9-19-34(29)42-37-24-27-14-5-4-13-26(27)23-32(37)31-21-22-36(41)39(38(30)35)40(31)42/h1-24H. The third-order valence-corrected chi connectivity index (χ3v) is 9.21. The van der Waals surface area contributed by atoms with Gasteiger partial charge < -0.3 is 8.97 Å². The van der Waals surface area contributed by atoms with Gasteiger partial charge in [0.2, 0.25) is 0 Å². The summed E-state index contributed by atoms with van der Waals surface area (Å²) in [7, 11) is 0. The van der Waals surface area contributed by atoms with Crippen molar-refractivity contribution in [1.82, 2.24) is 8.97 Å². The summed E-state index contributed by atoms with van der Waals surface area (Å²) in [6.45, 7) is 0. The van der Waals surface area contributed by atoms with Crippen LogP contribution in [0, 0.1) is 0 Å². The zero-order chi connectivity index (χ0) is 27.4. The molecule has 0 spiro atoms. The lowest BCUT2D eigenvalue weighted by molar-refractivity contribution is 1.18. The van der Waals surface area contributed by atoms with E-state index in [1.54, 1.807) is 0 Å². The van der Waals surface area contributed by atoms with E-state index in [1.807, 2.05) is 0 Å². The molecule has 0 atom stereocenters. The van der Waals surface area contributed by atoms with Crippen molar-refractivity contribution < 1.29 is 0 Å². The van der Waals surface area contributed by atoms with Gasteiger partial charge in [0.05, 0.1) is 33.3 Å². The lowest BCUT2D eigenvalue weighted by atomic mass is 10.0. The van der Waals surface area contributed by atoms with Crippen LogP contribution in [0.2, 0.25) is 0 Å². The molecule has 2 heteroatoms. The summed E-state index contributed by atoms with van der Waals surface area (Å²) < 4.78 is 5.02. The minimum absolute atomic E-state index is 1.20. The molecule has 0 aliphatic heterocycles. The second kappa shape index (κ2) is 7.99. The molecule has 0 aliphatic carbocycles. The van der Waals surface area contributed by atoms with Crippen molar-refractivity contribution in [3.8, 4) is 16.8 Å². The van der Waals surface area contributed by atoms with E-state index < -0.39 is 0 Å². The van der Waals surface area contributed by atoms with Gasteiger partial charge in [-0.2, -0.15) is 0 Å². The van der Waals surface area contributed by atoms with Gasteiger partial charge in [-0.15, -0.1) is 0 Å². The molecule has 42 heavy (non-hydrogen) atoms. The van der Waals surface area contributed by atoms with Gasteiger partial charge in [-0.3, -0.25) is 0 Å². The zero-order valence-corrected chi connectivity index (χ0v) is 22.8. The van der Waals surface area contributed by atoms with Crippen LogP contribution in [0.5, 0.6) is 0 Å². The van der Waals surface area contributed by atoms with Gasteiger partial charge in [-0.05, 0) is 58.1 Å². The van der Waals surface area contributed by atoms with E-state index in [9.17, 15) is 0 Å². The number of hydrogen-bond acceptors (Lipinski definition) is 0. The van der Waals surface area contributed by atoms with Gasteiger partial charge in [0, 0.05) is 32.5 Å². The highest BCUT2D eigenvalue weighted by Gasteiger charge is 2.24. The molecule has 0 unspecified atom stereocenters. The Kier molecular flexibility index (Phi) is 4.21. The molecule has 0 bridgehead atoms. The second-order valence-corrected chi connectivity index (χ2v) is 11.3. The molecule has 0 saturated carbocycles. The summed E-state index contributed by atoms with van der Waals surface area (Å²) in [6.07, 6.45) is 0. The fourth-order valence-electron chi connectivity index (χ4n) is 7.49. The summed E-state index contributed by atoms with van der Waals surface area (Å²) in [4.78, 5) is 0. The zero-order valence-electron chi connectivity index (χ0n) is 22.8. The molecule has 7 aromatic carbocycles. The maximum atomic E-state index is 2.53. The molecular formula is C40H24N2. The predicted octanol–water partition coefficient (Wildman–Crippen LogP) is 10.8. The number of nitrogens with zero attached hydrogens (tertiary/aromatic N) is 2. The number of benzene rings is 7. The number of rotatable bonds is 2. The van der Waals surface area contributed by atoms with Crippen LogP contribution in [0.3, 0.4) is 0 Å². The Balaban J connectivity index is 1.50. The summed E-state index contributed by atoms with van der Waals surface area (Å²) >= 11 is 0. The van der Waals surface area contributed by atoms with Crippen LogP contribution in [0.15, 0.2) is 146 Å². The van der Waals surface area contributed by atoms with Crippen molar-refractivity contribution in [3.05, 3.63) is 146 Å². The predicted molar refractivity (Wildman–Crippen MR) is 178 cm³/mol. The van der Waals surface area contributed by atoms with E-state index >= 15 is 0 Å². The Hall–Kier alpha value is -5.60. The highest BCUT2D eigenvalue weighted by molar-refractivity contribution is 6.33. The largest absolute Gasteiger partial charge is 0.309 e. The Morgan fingerprint density at radius 3 is 1.98 bits per heavy atom. The minimum Gasteiger partial charge on any atom is -0.309 e. The van der Waals surface area contributed by atoms with Gasteiger partial charge in [-0.1, -0.05) is 109 Å². The molecule has 0 radical (unpaired) electrons. The van der Waals surface area contributed by atoms with Crippen LogP contribution in [0.25, 0.3) is 87.5 Å². The molecule has 3 aromatic heterocycles. The van der Waals surface area contributed by atoms with E-state index in [4.69, 9.17) is 0 Å². The first-order valence-electron chi connectivity index (χ1n) is 14.5. The van der Waals surface area contributed by atoms with Gasteiger partial charge in [0.15, 0.2) is 0 Å². The number of fused-ring (bicyclic) bond motifs is 7. The highest BCUT2D eigenvalue weighted by Crippen LogP contribution is 2.46. The smallest absolute Gasteiger partial charge is 0.0641 e. The van der Waals surface area contributed by atoms with Crippen LogP contribution in [-0.4, -0.2) is 8.97 Å². The topological polar surface area (TPSA) is 9.34 Å². The number of aromatic nitrogens is 2. The highest BCUT2D eigenvalue weighted by atomic mass is 15.0. The average molecular weight is 533 g/mol. The Morgan fingerprint density at radius 2 is 1.07 bits per heavy atom. The molecule has 0 aliphatic rings. The maximum absolute atomic E-state index is 2.53. The first kappa shape index (κ1) is 22.1. The van der Waals surface area contributed by atoms with Crippen LogP contribution in [0.4, 0.5) is 0 Å². The molecule has 0 amide bonds. The molecule has 0 N–H and O–H groups in total. The summed E-state index contributed by atoms with van der Waals surface area (Å²) in [5, 5.41) is 10.3. The third-order valence-electron chi connectivity index (χ3n) is 9.21. The van der Waals surface area contributed by atoms with E-state index in [-0.39, 0.29) is 0 Å². The summed E-state index contributed by atoms with van der Waals surface area (Å²) in [6, 6.07) is 53.4. The third kappa shape index (κ3) is 2.74. The van der Waals surface area contributed by atoms with Gasteiger partial charge in [-0.25, -0.2) is 0 Å². The van der Waals surface area contributed by atoms with E-state index in [1.165, 1.54) is 87.5 Å². The summed E-state index contributed by atoms with van der Waals surface area (Å²) in [5.74, 6) is 0. The number of hydrogen-bond donors (Lipinski definition) is 0. The van der Waals surface area contributed by atoms with E-state index in [0.717, 1.165) is 0 Å². The van der Waals surface area contributed by atoms with E-state index in [2.05, 4.69) is 155 Å². The monoisotopic (exact) mass is 532 g/mol. The minimum atomic E-state index is 1.20. The fourth-order valence-corrected chi connectivity index (χ4v) is 7.49. The molecule has 10 rings (SSSR count). The Labute approximate surface area is 241 Å². The molecule has 10 aromatic rings.